The number of unbranched alkanes of at least 4 members (excludes halogenated alkanes) is 37. The monoisotopic (exact) mass is 1050 g/mol. The van der Waals surface area contributed by atoms with Gasteiger partial charge in [0.05, 0.1) is 33.8 Å². The van der Waals surface area contributed by atoms with E-state index >= 15 is 0 Å². The topological polar surface area (TPSA) is 114 Å². The Hall–Kier alpha value is -1.77. The highest BCUT2D eigenvalue weighted by Gasteiger charge is 2.27. The predicted molar refractivity (Wildman–Crippen MR) is 312 cm³/mol. The zero-order valence-corrected chi connectivity index (χ0v) is 50.0. The summed E-state index contributed by atoms with van der Waals surface area (Å²) in [5.74, 6) is -0.536. The van der Waals surface area contributed by atoms with Crippen molar-refractivity contribution in [2.45, 2.75) is 315 Å². The Morgan fingerprint density at radius 3 is 1.26 bits per heavy atom. The summed E-state index contributed by atoms with van der Waals surface area (Å²) in [5, 5.41) is 3.03. The summed E-state index contributed by atoms with van der Waals surface area (Å²) in [6, 6.07) is -0.888. The molecule has 0 fully saturated rings. The molecule has 0 spiro atoms. The van der Waals surface area contributed by atoms with Gasteiger partial charge in [-0.3, -0.25) is 14.2 Å². The van der Waals surface area contributed by atoms with Crippen LogP contribution in [0.2, 0.25) is 0 Å². The van der Waals surface area contributed by atoms with Crippen molar-refractivity contribution >= 4 is 19.7 Å². The van der Waals surface area contributed by atoms with Gasteiger partial charge >= 0.3 is 5.97 Å². The van der Waals surface area contributed by atoms with Gasteiger partial charge in [0.15, 0.2) is 0 Å². The van der Waals surface area contributed by atoms with Gasteiger partial charge in [-0.15, -0.1) is 0 Å². The molecule has 3 unspecified atom stereocenters. The lowest BCUT2D eigenvalue weighted by atomic mass is 10.0. The Morgan fingerprint density at radius 1 is 0.479 bits per heavy atom. The molecule has 0 saturated heterocycles. The standard InChI is InChI=1S/C63H121N2O7P/c1-7-10-13-16-19-22-25-28-30-32-34-37-40-43-46-49-52-55-62(66)64-60(59-71-73(68,69)70-58-57-65(4,5)6)61(54-51-48-45-42-39-36-27-24-21-18-15-12-9-3)72-63(67)56-53-50-47-44-41-38-35-33-31-29-26-23-20-17-14-11-8-2/h19,22,28,30,51,54,60-61H,7-18,20-21,23-27,29,31-50,52-53,55-59H2,1-6H3,(H-,64,66,68,69)/b22-19-,30-28-,54-51+. The molecule has 9 nitrogen and oxygen atoms in total. The van der Waals surface area contributed by atoms with E-state index in [9.17, 15) is 19.0 Å². The summed E-state index contributed by atoms with van der Waals surface area (Å²) in [5.41, 5.74) is 0. The van der Waals surface area contributed by atoms with Crippen molar-refractivity contribution in [3.05, 3.63) is 36.5 Å². The van der Waals surface area contributed by atoms with E-state index in [0.717, 1.165) is 77.0 Å². The van der Waals surface area contributed by atoms with E-state index in [1.165, 1.54) is 193 Å². The average molecular weight is 1050 g/mol. The van der Waals surface area contributed by atoms with Gasteiger partial charge in [-0.2, -0.15) is 0 Å². The largest absolute Gasteiger partial charge is 0.756 e. The third-order valence-corrected chi connectivity index (χ3v) is 15.0. The van der Waals surface area contributed by atoms with E-state index in [4.69, 9.17) is 13.8 Å². The maximum Gasteiger partial charge on any atom is 0.306 e. The van der Waals surface area contributed by atoms with Crippen molar-refractivity contribution in [2.24, 2.45) is 0 Å². The third-order valence-electron chi connectivity index (χ3n) is 14.1. The van der Waals surface area contributed by atoms with Crippen LogP contribution in [0.25, 0.3) is 0 Å². The number of allylic oxidation sites excluding steroid dienone is 5. The summed E-state index contributed by atoms with van der Waals surface area (Å²) in [6.07, 6.45) is 63.8. The molecule has 73 heavy (non-hydrogen) atoms. The first kappa shape index (κ1) is 71.2. The average Bonchev–Trinajstić information content (AvgIpc) is 3.35. The second-order valence-electron chi connectivity index (χ2n) is 22.6. The number of nitrogens with zero attached hydrogens (tertiary/aromatic N) is 1. The highest BCUT2D eigenvalue weighted by molar-refractivity contribution is 7.45. The fourth-order valence-corrected chi connectivity index (χ4v) is 9.92. The van der Waals surface area contributed by atoms with Crippen molar-refractivity contribution in [2.75, 3.05) is 40.9 Å². The van der Waals surface area contributed by atoms with Gasteiger partial charge in [0.25, 0.3) is 7.82 Å². The van der Waals surface area contributed by atoms with Gasteiger partial charge in [0.1, 0.15) is 19.3 Å². The number of phosphoric ester groups is 1. The van der Waals surface area contributed by atoms with Crippen molar-refractivity contribution in [1.82, 2.24) is 5.32 Å². The predicted octanol–water partition coefficient (Wildman–Crippen LogP) is 18.5. The fraction of sp³-hybridized carbons (Fsp3) is 0.873. The Balaban J connectivity index is 5.28. The molecule has 10 heteroatoms. The Labute approximate surface area is 453 Å². The van der Waals surface area contributed by atoms with Crippen LogP contribution in [0.4, 0.5) is 0 Å². The maximum atomic E-state index is 13.5. The number of phosphoric acid groups is 1. The van der Waals surface area contributed by atoms with Crippen LogP contribution >= 0.6 is 7.82 Å². The number of rotatable bonds is 57. The van der Waals surface area contributed by atoms with Crippen LogP contribution in [0.1, 0.15) is 303 Å². The van der Waals surface area contributed by atoms with Crippen LogP contribution in [-0.2, 0) is 27.9 Å². The van der Waals surface area contributed by atoms with Gasteiger partial charge in [-0.1, -0.05) is 263 Å². The molecular weight excluding hydrogens is 928 g/mol. The van der Waals surface area contributed by atoms with Gasteiger partial charge in [0, 0.05) is 12.8 Å². The van der Waals surface area contributed by atoms with Crippen molar-refractivity contribution in [3.63, 3.8) is 0 Å². The Kier molecular flexibility index (Phi) is 52.3. The molecule has 3 atom stereocenters. The van der Waals surface area contributed by atoms with E-state index in [1.807, 2.05) is 33.3 Å². The number of quaternary nitrogens is 1. The first-order chi connectivity index (χ1) is 35.4. The normalized spacial score (nSPS) is 13.9. The second-order valence-corrected chi connectivity index (χ2v) is 24.0. The number of carbonyl (C=O) groups is 2. The van der Waals surface area contributed by atoms with E-state index in [0.29, 0.717) is 17.4 Å². The summed E-state index contributed by atoms with van der Waals surface area (Å²) < 4.78 is 30.3. The van der Waals surface area contributed by atoms with Crippen LogP contribution < -0.4 is 10.2 Å². The number of carbonyl (C=O) groups excluding carboxylic acids is 2. The number of amides is 1. The SMILES string of the molecule is CCCCC/C=C\C/C=C\CCCCCCCCCC(=O)NC(COP(=O)([O-])OCC[N+](C)(C)C)C(/C=C/CCCCCCCCCCCCC)OC(=O)CCCCCCCCCCCCCCCCCCC. The van der Waals surface area contributed by atoms with Gasteiger partial charge < -0.3 is 28.5 Å². The molecule has 0 rings (SSSR count). The van der Waals surface area contributed by atoms with Crippen LogP contribution in [0.15, 0.2) is 36.5 Å². The van der Waals surface area contributed by atoms with Crippen molar-refractivity contribution in [1.29, 1.82) is 0 Å². The first-order valence-corrected chi connectivity index (χ1v) is 32.8. The number of nitrogens with one attached hydrogen (secondary N) is 1. The van der Waals surface area contributed by atoms with E-state index in [2.05, 4.69) is 50.4 Å². The molecule has 430 valence electrons. The molecule has 0 saturated carbocycles. The van der Waals surface area contributed by atoms with Crippen molar-refractivity contribution in [3.8, 4) is 0 Å². The summed E-state index contributed by atoms with van der Waals surface area (Å²) in [7, 11) is 1.19. The lowest BCUT2D eigenvalue weighted by molar-refractivity contribution is -0.870. The van der Waals surface area contributed by atoms with E-state index in [-0.39, 0.29) is 31.5 Å². The summed E-state index contributed by atoms with van der Waals surface area (Å²) in [4.78, 5) is 40.0. The molecule has 0 aromatic heterocycles. The molecular formula is C63H121N2O7P. The molecule has 0 heterocycles. The Bertz CT molecular complexity index is 1350. The molecule has 0 aliphatic rings. The lowest BCUT2D eigenvalue weighted by Gasteiger charge is -2.30. The smallest absolute Gasteiger partial charge is 0.306 e. The van der Waals surface area contributed by atoms with Crippen molar-refractivity contribution < 1.29 is 37.3 Å². The minimum absolute atomic E-state index is 0.0217. The van der Waals surface area contributed by atoms with Crippen LogP contribution in [-0.4, -0.2) is 69.4 Å². The highest BCUT2D eigenvalue weighted by Crippen LogP contribution is 2.38. The van der Waals surface area contributed by atoms with Gasteiger partial charge in [0.2, 0.25) is 5.91 Å². The quantitative estimate of drug-likeness (QED) is 0.0212. The van der Waals surface area contributed by atoms with E-state index < -0.39 is 20.0 Å². The number of ether oxygens (including phenoxy) is 1. The summed E-state index contributed by atoms with van der Waals surface area (Å²) in [6.45, 7) is 6.85. The minimum Gasteiger partial charge on any atom is -0.756 e. The molecule has 1 amide bonds. The van der Waals surface area contributed by atoms with Crippen LogP contribution in [0.5, 0.6) is 0 Å². The number of likely N-dealkylation sites (N-methyl/N-ethyl adjacent to an activating group) is 1. The molecule has 0 bridgehead atoms. The fourth-order valence-electron chi connectivity index (χ4n) is 9.20. The van der Waals surface area contributed by atoms with Gasteiger partial charge in [-0.05, 0) is 63.9 Å². The lowest BCUT2D eigenvalue weighted by Crippen LogP contribution is -2.47. The molecule has 0 aliphatic carbocycles. The highest BCUT2D eigenvalue weighted by atomic mass is 31.2. The van der Waals surface area contributed by atoms with E-state index in [1.54, 1.807) is 0 Å². The zero-order chi connectivity index (χ0) is 53.6. The van der Waals surface area contributed by atoms with Gasteiger partial charge in [-0.25, -0.2) is 0 Å². The molecule has 1 N–H and O–H groups in total. The third kappa shape index (κ3) is 54.8. The zero-order valence-electron chi connectivity index (χ0n) is 49.1. The van der Waals surface area contributed by atoms with Crippen LogP contribution in [0.3, 0.4) is 0 Å². The number of hydrogen-bond donors (Lipinski definition) is 1. The molecule has 0 radical (unpaired) electrons. The first-order valence-electron chi connectivity index (χ1n) is 31.3. The summed E-state index contributed by atoms with van der Waals surface area (Å²) >= 11 is 0. The Morgan fingerprint density at radius 2 is 0.836 bits per heavy atom. The minimum atomic E-state index is -4.70. The second kappa shape index (κ2) is 53.6. The molecule has 0 aromatic rings. The maximum absolute atomic E-state index is 13.5. The molecule has 0 aliphatic heterocycles. The number of hydrogen-bond acceptors (Lipinski definition) is 7. The number of esters is 1. The van der Waals surface area contributed by atoms with Crippen LogP contribution in [0, 0.1) is 0 Å². The molecule has 0 aromatic carbocycles.